The molecule has 0 radical (unpaired) electrons. The topological polar surface area (TPSA) is 30.2 Å². The lowest BCUT2D eigenvalue weighted by Gasteiger charge is -2.06. The minimum absolute atomic E-state index is 0.213. The fourth-order valence-electron chi connectivity index (χ4n) is 5.20. The number of fused-ring (bicyclic) bond motifs is 1. The molecule has 0 aliphatic rings. The fourth-order valence-corrected chi connectivity index (χ4v) is 5.20. The Hall–Kier alpha value is -2.68. The summed E-state index contributed by atoms with van der Waals surface area (Å²) in [6.45, 7) is 3.58. The summed E-state index contributed by atoms with van der Waals surface area (Å²) < 4.78 is 7.75. The molecule has 3 rings (SSSR count). The van der Waals surface area contributed by atoms with Gasteiger partial charge in [-0.3, -0.25) is 0 Å². The van der Waals surface area contributed by atoms with Crippen molar-refractivity contribution in [1.29, 1.82) is 0 Å². The minimum Gasteiger partial charge on any atom is -0.462 e. The second-order valence-electron chi connectivity index (χ2n) is 10.8. The van der Waals surface area contributed by atoms with Crippen molar-refractivity contribution >= 4 is 16.9 Å². The lowest BCUT2D eigenvalue weighted by molar-refractivity contribution is -0.662. The van der Waals surface area contributed by atoms with E-state index in [1.807, 2.05) is 24.3 Å². The van der Waals surface area contributed by atoms with Gasteiger partial charge in [0.05, 0.1) is 12.2 Å². The third-order valence-electron chi connectivity index (χ3n) is 7.56. The molecule has 0 amide bonds. The predicted octanol–water partition coefficient (Wildman–Crippen LogP) is 9.59. The van der Waals surface area contributed by atoms with Gasteiger partial charge in [0.2, 0.25) is 5.52 Å². The second kappa shape index (κ2) is 18.6. The summed E-state index contributed by atoms with van der Waals surface area (Å²) in [5.41, 5.74) is 3.01. The van der Waals surface area contributed by atoms with Crippen molar-refractivity contribution in [1.82, 2.24) is 0 Å². The molecule has 3 heteroatoms. The van der Waals surface area contributed by atoms with Crippen molar-refractivity contribution in [3.05, 3.63) is 78.0 Å². The largest absolute Gasteiger partial charge is 0.462 e. The van der Waals surface area contributed by atoms with Gasteiger partial charge < -0.3 is 4.74 Å². The number of hydrogen-bond donors (Lipinski definition) is 0. The van der Waals surface area contributed by atoms with Crippen molar-refractivity contribution < 1.29 is 14.1 Å². The highest BCUT2D eigenvalue weighted by Crippen LogP contribution is 2.14. The first-order valence-electron chi connectivity index (χ1n) is 15.4. The number of rotatable bonds is 20. The molecular weight excluding hydrogens is 466 g/mol. The van der Waals surface area contributed by atoms with Gasteiger partial charge in [-0.25, -0.2) is 4.79 Å². The van der Waals surface area contributed by atoms with Gasteiger partial charge >= 0.3 is 5.97 Å². The number of benzene rings is 2. The van der Waals surface area contributed by atoms with Crippen LogP contribution in [0.25, 0.3) is 10.9 Å². The van der Waals surface area contributed by atoms with Crippen molar-refractivity contribution in [3.63, 3.8) is 0 Å². The first kappa shape index (κ1) is 29.9. The van der Waals surface area contributed by atoms with Crippen LogP contribution >= 0.6 is 0 Å². The van der Waals surface area contributed by atoms with Crippen LogP contribution in [-0.2, 0) is 11.3 Å². The maximum absolute atomic E-state index is 12.4. The fraction of sp³-hybridized carbons (Fsp3) is 0.543. The van der Waals surface area contributed by atoms with Crippen LogP contribution < -0.4 is 4.57 Å². The highest BCUT2D eigenvalue weighted by atomic mass is 16.5. The number of hydrogen-bond acceptors (Lipinski definition) is 2. The molecule has 2 aromatic carbocycles. The van der Waals surface area contributed by atoms with Crippen molar-refractivity contribution in [2.75, 3.05) is 6.61 Å². The summed E-state index contributed by atoms with van der Waals surface area (Å²) in [6.07, 6.45) is 23.6. The van der Waals surface area contributed by atoms with Crippen LogP contribution in [0.15, 0.2) is 66.9 Å². The number of para-hydroxylation sites is 1. The van der Waals surface area contributed by atoms with Crippen LogP contribution in [0.4, 0.5) is 0 Å². The standard InChI is InChI=1S/C35H50NO2/c1-2-3-4-5-6-7-8-9-10-11-12-13-14-15-16-19-29-38-35(37)33-26-24-31(25-27-33)30-36-28-20-22-32-21-17-18-23-34(32)36/h17-18,20-28H,2-16,19,29-30H2,1H3/q+1. The van der Waals surface area contributed by atoms with Gasteiger partial charge in [0.1, 0.15) is 0 Å². The molecule has 206 valence electrons. The first-order valence-corrected chi connectivity index (χ1v) is 15.4. The van der Waals surface area contributed by atoms with Crippen LogP contribution in [0.5, 0.6) is 0 Å². The zero-order valence-corrected chi connectivity index (χ0v) is 23.8. The summed E-state index contributed by atoms with van der Waals surface area (Å²) >= 11 is 0. The molecule has 1 heterocycles. The van der Waals surface area contributed by atoms with E-state index in [9.17, 15) is 4.79 Å². The molecule has 0 bridgehead atoms. The Bertz CT molecular complexity index is 1040. The summed E-state index contributed by atoms with van der Waals surface area (Å²) in [4.78, 5) is 12.4. The first-order chi connectivity index (χ1) is 18.8. The van der Waals surface area contributed by atoms with Crippen molar-refractivity contribution in [3.8, 4) is 0 Å². The van der Waals surface area contributed by atoms with E-state index in [0.717, 1.165) is 19.4 Å². The summed E-state index contributed by atoms with van der Waals surface area (Å²) in [5, 5.41) is 1.23. The number of carbonyl (C=O) groups excluding carboxylic acids is 1. The second-order valence-corrected chi connectivity index (χ2v) is 10.8. The van der Waals surface area contributed by atoms with E-state index >= 15 is 0 Å². The van der Waals surface area contributed by atoms with E-state index in [1.165, 1.54) is 106 Å². The highest BCUT2D eigenvalue weighted by molar-refractivity contribution is 5.89. The highest BCUT2D eigenvalue weighted by Gasteiger charge is 2.11. The maximum atomic E-state index is 12.4. The van der Waals surface area contributed by atoms with Gasteiger partial charge in [0, 0.05) is 23.1 Å². The summed E-state index contributed by atoms with van der Waals surface area (Å²) in [5.74, 6) is -0.213. The molecule has 0 unspecified atom stereocenters. The monoisotopic (exact) mass is 516 g/mol. The SMILES string of the molecule is CCCCCCCCCCCCCCCCCCOC(=O)c1ccc(C[n+]2cccc3ccccc32)cc1. The number of nitrogens with zero attached hydrogens (tertiary/aromatic N) is 1. The average molecular weight is 517 g/mol. The lowest BCUT2D eigenvalue weighted by atomic mass is 10.0. The van der Waals surface area contributed by atoms with E-state index in [1.54, 1.807) is 0 Å². The molecule has 0 aliphatic heterocycles. The molecule has 38 heavy (non-hydrogen) atoms. The minimum atomic E-state index is -0.213. The van der Waals surface area contributed by atoms with Gasteiger partial charge in [-0.2, -0.15) is 4.57 Å². The number of carbonyl (C=O) groups is 1. The smallest absolute Gasteiger partial charge is 0.338 e. The van der Waals surface area contributed by atoms with Gasteiger partial charge in [-0.15, -0.1) is 0 Å². The Labute approximate surface area is 231 Å². The van der Waals surface area contributed by atoms with E-state index in [-0.39, 0.29) is 5.97 Å². The number of aromatic nitrogens is 1. The third-order valence-corrected chi connectivity index (χ3v) is 7.56. The Morgan fingerprint density at radius 1 is 0.632 bits per heavy atom. The van der Waals surface area contributed by atoms with E-state index in [2.05, 4.69) is 54.1 Å². The van der Waals surface area contributed by atoms with Crippen LogP contribution in [0, 0.1) is 0 Å². The van der Waals surface area contributed by atoms with E-state index < -0.39 is 0 Å². The van der Waals surface area contributed by atoms with Crippen LogP contribution in [0.1, 0.15) is 126 Å². The van der Waals surface area contributed by atoms with Gasteiger partial charge in [-0.05, 0) is 30.7 Å². The Morgan fingerprint density at radius 2 is 1.16 bits per heavy atom. The number of unbranched alkanes of at least 4 members (excludes halogenated alkanes) is 15. The molecule has 3 nitrogen and oxygen atoms in total. The third kappa shape index (κ3) is 11.4. The van der Waals surface area contributed by atoms with E-state index in [0.29, 0.717) is 12.2 Å². The number of ether oxygens (including phenoxy) is 1. The quantitative estimate of drug-likeness (QED) is 0.0850. The lowest BCUT2D eigenvalue weighted by Crippen LogP contribution is -2.34. The normalized spacial score (nSPS) is 11.2. The molecule has 0 spiro atoms. The molecule has 0 fully saturated rings. The molecule has 0 N–H and O–H groups in total. The van der Waals surface area contributed by atoms with Gasteiger partial charge in [0.15, 0.2) is 12.7 Å². The van der Waals surface area contributed by atoms with Crippen molar-refractivity contribution in [2.45, 2.75) is 116 Å². The maximum Gasteiger partial charge on any atom is 0.338 e. The molecule has 0 aliphatic carbocycles. The zero-order chi connectivity index (χ0) is 26.7. The molecule has 3 aromatic rings. The Kier molecular flexibility index (Phi) is 14.6. The van der Waals surface area contributed by atoms with Crippen LogP contribution in [0.2, 0.25) is 0 Å². The number of esters is 1. The zero-order valence-electron chi connectivity index (χ0n) is 23.8. The Balaban J connectivity index is 1.18. The number of pyridine rings is 1. The summed E-state index contributed by atoms with van der Waals surface area (Å²) in [7, 11) is 0. The van der Waals surface area contributed by atoms with Gasteiger partial charge in [-0.1, -0.05) is 128 Å². The Morgan fingerprint density at radius 3 is 1.76 bits per heavy atom. The molecule has 1 aromatic heterocycles. The summed E-state index contributed by atoms with van der Waals surface area (Å²) in [6, 6.07) is 20.4. The molecule has 0 saturated heterocycles. The molecular formula is C35H50NO2+. The molecule has 0 saturated carbocycles. The molecule has 0 atom stereocenters. The van der Waals surface area contributed by atoms with Gasteiger partial charge in [0.25, 0.3) is 0 Å². The van der Waals surface area contributed by atoms with Crippen molar-refractivity contribution in [2.24, 2.45) is 0 Å². The predicted molar refractivity (Wildman–Crippen MR) is 160 cm³/mol. The average Bonchev–Trinajstić information content (AvgIpc) is 2.95. The van der Waals surface area contributed by atoms with Crippen LogP contribution in [0.3, 0.4) is 0 Å². The van der Waals surface area contributed by atoms with E-state index in [4.69, 9.17) is 4.74 Å². The van der Waals surface area contributed by atoms with Crippen LogP contribution in [-0.4, -0.2) is 12.6 Å².